The monoisotopic (exact) mass is 345 g/mol. The quantitative estimate of drug-likeness (QED) is 0.357. The first kappa shape index (κ1) is 17.4. The fourth-order valence-corrected chi connectivity index (χ4v) is 2.35. The van der Waals surface area contributed by atoms with E-state index in [2.05, 4.69) is 4.99 Å². The number of hydrogen-bond acceptors (Lipinski definition) is 4. The molecule has 3 aromatic carbocycles. The zero-order chi connectivity index (χ0) is 18.2. The molecule has 0 radical (unpaired) electrons. The van der Waals surface area contributed by atoms with Gasteiger partial charge in [0.05, 0.1) is 17.9 Å². The lowest BCUT2D eigenvalue weighted by Crippen LogP contribution is -2.09. The molecule has 0 unspecified atom stereocenters. The molecule has 0 aliphatic rings. The summed E-state index contributed by atoms with van der Waals surface area (Å²) >= 11 is 0. The van der Waals surface area contributed by atoms with Crippen molar-refractivity contribution in [1.29, 1.82) is 0 Å². The molecule has 0 bridgehead atoms. The highest BCUT2D eigenvalue weighted by Gasteiger charge is 2.10. The topological polar surface area (TPSA) is 47.9 Å². The van der Waals surface area contributed by atoms with Gasteiger partial charge in [-0.2, -0.15) is 0 Å². The number of nitrogens with zero attached hydrogens (tertiary/aromatic N) is 1. The number of ether oxygens (including phenoxy) is 2. The molecule has 130 valence electrons. The van der Waals surface area contributed by atoms with Crippen LogP contribution >= 0.6 is 0 Å². The van der Waals surface area contributed by atoms with Gasteiger partial charge in [-0.05, 0) is 55.5 Å². The predicted molar refractivity (Wildman–Crippen MR) is 103 cm³/mol. The van der Waals surface area contributed by atoms with Gasteiger partial charge in [0.1, 0.15) is 11.5 Å². The number of aliphatic imine (C=N–C) groups is 1. The second-order valence-corrected chi connectivity index (χ2v) is 5.48. The molecule has 0 aliphatic carbocycles. The summed E-state index contributed by atoms with van der Waals surface area (Å²) in [6.45, 7) is 2.57. The molecule has 4 nitrogen and oxygen atoms in total. The Bertz CT molecular complexity index is 887. The van der Waals surface area contributed by atoms with Crippen molar-refractivity contribution in [1.82, 2.24) is 0 Å². The Morgan fingerprint density at radius 3 is 2.35 bits per heavy atom. The van der Waals surface area contributed by atoms with Gasteiger partial charge in [-0.25, -0.2) is 4.79 Å². The minimum absolute atomic E-state index is 0.396. The second-order valence-electron chi connectivity index (χ2n) is 5.48. The Kier molecular flexibility index (Phi) is 5.78. The van der Waals surface area contributed by atoms with E-state index in [9.17, 15) is 4.79 Å². The van der Waals surface area contributed by atoms with Crippen LogP contribution in [0.3, 0.4) is 0 Å². The fourth-order valence-electron chi connectivity index (χ4n) is 2.35. The molecule has 0 saturated carbocycles. The summed E-state index contributed by atoms with van der Waals surface area (Å²) < 4.78 is 10.9. The summed E-state index contributed by atoms with van der Waals surface area (Å²) in [5.74, 6) is 0.882. The highest BCUT2D eigenvalue weighted by Crippen LogP contribution is 2.21. The Balaban J connectivity index is 1.75. The first-order valence-corrected chi connectivity index (χ1v) is 8.39. The molecular weight excluding hydrogens is 326 g/mol. The normalized spacial score (nSPS) is 10.7. The Morgan fingerprint density at radius 2 is 1.62 bits per heavy atom. The van der Waals surface area contributed by atoms with Crippen LogP contribution in [-0.4, -0.2) is 18.8 Å². The lowest BCUT2D eigenvalue weighted by Gasteiger charge is -2.07. The van der Waals surface area contributed by atoms with E-state index in [1.54, 1.807) is 36.5 Å². The third kappa shape index (κ3) is 4.57. The number of carbonyl (C=O) groups excluding carboxylic acids is 1. The van der Waals surface area contributed by atoms with Crippen LogP contribution in [0.2, 0.25) is 0 Å². The average molecular weight is 345 g/mol. The third-order valence-electron chi connectivity index (χ3n) is 3.63. The van der Waals surface area contributed by atoms with Crippen molar-refractivity contribution in [3.63, 3.8) is 0 Å². The van der Waals surface area contributed by atoms with Crippen LogP contribution in [0.5, 0.6) is 11.5 Å². The highest BCUT2D eigenvalue weighted by atomic mass is 16.5. The predicted octanol–water partition coefficient (Wildman–Crippen LogP) is 5.06. The summed E-state index contributed by atoms with van der Waals surface area (Å²) in [5, 5.41) is 0. The second kappa shape index (κ2) is 8.62. The van der Waals surface area contributed by atoms with Crippen molar-refractivity contribution in [2.75, 3.05) is 6.61 Å². The van der Waals surface area contributed by atoms with Gasteiger partial charge < -0.3 is 9.47 Å². The zero-order valence-corrected chi connectivity index (χ0v) is 14.5. The van der Waals surface area contributed by atoms with E-state index >= 15 is 0 Å². The van der Waals surface area contributed by atoms with Gasteiger partial charge in [-0.3, -0.25) is 4.99 Å². The molecule has 26 heavy (non-hydrogen) atoms. The molecule has 4 heteroatoms. The van der Waals surface area contributed by atoms with E-state index in [0.29, 0.717) is 17.9 Å². The Morgan fingerprint density at radius 1 is 0.923 bits per heavy atom. The summed E-state index contributed by atoms with van der Waals surface area (Å²) in [7, 11) is 0. The molecule has 0 fully saturated rings. The Labute approximate surface area is 152 Å². The van der Waals surface area contributed by atoms with Gasteiger partial charge in [-0.1, -0.05) is 30.3 Å². The van der Waals surface area contributed by atoms with E-state index in [1.807, 2.05) is 55.5 Å². The van der Waals surface area contributed by atoms with E-state index < -0.39 is 5.97 Å². The Hall–Kier alpha value is -3.40. The van der Waals surface area contributed by atoms with E-state index in [1.165, 1.54) is 0 Å². The number of para-hydroxylation sites is 1. The van der Waals surface area contributed by atoms with Gasteiger partial charge in [-0.15, -0.1) is 0 Å². The smallest absolute Gasteiger partial charge is 0.343 e. The number of rotatable bonds is 6. The van der Waals surface area contributed by atoms with Crippen LogP contribution < -0.4 is 9.47 Å². The molecule has 0 atom stereocenters. The first-order chi connectivity index (χ1) is 12.8. The maximum atomic E-state index is 12.3. The molecule has 0 N–H and O–H groups in total. The summed E-state index contributed by atoms with van der Waals surface area (Å²) in [5.41, 5.74) is 2.02. The zero-order valence-electron chi connectivity index (χ0n) is 14.5. The van der Waals surface area contributed by atoms with Crippen molar-refractivity contribution in [3.05, 3.63) is 90.0 Å². The molecule has 0 spiro atoms. The van der Waals surface area contributed by atoms with E-state index in [-0.39, 0.29) is 0 Å². The standard InChI is InChI=1S/C22H19NO3/c1-2-25-20-14-12-19(13-15-20)23-16-18-10-6-7-11-21(18)26-22(24)17-8-4-3-5-9-17/h3-16H,2H2,1H3. The van der Waals surface area contributed by atoms with Crippen LogP contribution in [0.1, 0.15) is 22.8 Å². The molecule has 3 rings (SSSR count). The minimum Gasteiger partial charge on any atom is -0.494 e. The fraction of sp³-hybridized carbons (Fsp3) is 0.0909. The molecule has 0 saturated heterocycles. The average Bonchev–Trinajstić information content (AvgIpc) is 2.69. The first-order valence-electron chi connectivity index (χ1n) is 8.39. The highest BCUT2D eigenvalue weighted by molar-refractivity contribution is 5.93. The molecular formula is C22H19NO3. The van der Waals surface area contributed by atoms with Crippen molar-refractivity contribution >= 4 is 17.9 Å². The van der Waals surface area contributed by atoms with E-state index in [4.69, 9.17) is 9.47 Å². The van der Waals surface area contributed by atoms with Gasteiger partial charge >= 0.3 is 5.97 Å². The summed E-state index contributed by atoms with van der Waals surface area (Å²) in [4.78, 5) is 16.7. The van der Waals surface area contributed by atoms with Crippen LogP contribution in [0.25, 0.3) is 0 Å². The third-order valence-corrected chi connectivity index (χ3v) is 3.63. The maximum absolute atomic E-state index is 12.3. The summed E-state index contributed by atoms with van der Waals surface area (Å²) in [6, 6.07) is 23.7. The van der Waals surface area contributed by atoms with Crippen LogP contribution in [0, 0.1) is 0 Å². The van der Waals surface area contributed by atoms with Crippen molar-refractivity contribution in [2.45, 2.75) is 6.92 Å². The summed E-state index contributed by atoms with van der Waals surface area (Å²) in [6.07, 6.45) is 1.68. The van der Waals surface area contributed by atoms with E-state index in [0.717, 1.165) is 17.0 Å². The van der Waals surface area contributed by atoms with Crippen LogP contribution in [0.15, 0.2) is 83.9 Å². The lowest BCUT2D eigenvalue weighted by molar-refractivity contribution is 0.0734. The van der Waals surface area contributed by atoms with Crippen molar-refractivity contribution in [3.8, 4) is 11.5 Å². The largest absolute Gasteiger partial charge is 0.494 e. The maximum Gasteiger partial charge on any atom is 0.343 e. The number of benzene rings is 3. The molecule has 0 heterocycles. The van der Waals surface area contributed by atoms with Gasteiger partial charge in [0, 0.05) is 11.8 Å². The molecule has 0 amide bonds. The van der Waals surface area contributed by atoms with Crippen LogP contribution in [-0.2, 0) is 0 Å². The number of esters is 1. The number of carbonyl (C=O) groups is 1. The number of hydrogen-bond donors (Lipinski definition) is 0. The van der Waals surface area contributed by atoms with Crippen LogP contribution in [0.4, 0.5) is 5.69 Å². The van der Waals surface area contributed by atoms with Gasteiger partial charge in [0.15, 0.2) is 0 Å². The lowest BCUT2D eigenvalue weighted by atomic mass is 10.2. The SMILES string of the molecule is CCOc1ccc(N=Cc2ccccc2OC(=O)c2ccccc2)cc1. The molecule has 3 aromatic rings. The molecule has 0 aromatic heterocycles. The van der Waals surface area contributed by atoms with Crippen molar-refractivity contribution in [2.24, 2.45) is 4.99 Å². The van der Waals surface area contributed by atoms with Gasteiger partial charge in [0.2, 0.25) is 0 Å². The minimum atomic E-state index is -0.396. The van der Waals surface area contributed by atoms with Gasteiger partial charge in [0.25, 0.3) is 0 Å². The van der Waals surface area contributed by atoms with Crippen molar-refractivity contribution < 1.29 is 14.3 Å². The molecule has 0 aliphatic heterocycles.